The summed E-state index contributed by atoms with van der Waals surface area (Å²) in [4.78, 5) is 2.39. The summed E-state index contributed by atoms with van der Waals surface area (Å²) in [7, 11) is 3.39. The van der Waals surface area contributed by atoms with Gasteiger partial charge in [-0.25, -0.2) is 0 Å². The highest BCUT2D eigenvalue weighted by Gasteiger charge is 2.73. The predicted octanol–water partition coefficient (Wildman–Crippen LogP) is 2.04. The lowest BCUT2D eigenvalue weighted by Crippen LogP contribution is -2.77. The highest BCUT2D eigenvalue weighted by atomic mass is 16.7. The van der Waals surface area contributed by atoms with E-state index in [9.17, 15) is 5.11 Å². The highest BCUT2D eigenvalue weighted by molar-refractivity contribution is 5.63. The van der Waals surface area contributed by atoms with Gasteiger partial charge < -0.3 is 28.8 Å². The van der Waals surface area contributed by atoms with Gasteiger partial charge in [-0.05, 0) is 43.9 Å². The Labute approximate surface area is 183 Å². The Bertz CT molecular complexity index is 846. The molecule has 1 aromatic carbocycles. The summed E-state index contributed by atoms with van der Waals surface area (Å²) in [5.41, 5.74) is 1.03. The first kappa shape index (κ1) is 21.2. The van der Waals surface area contributed by atoms with Gasteiger partial charge >= 0.3 is 0 Å². The van der Waals surface area contributed by atoms with E-state index in [4.69, 9.17) is 23.7 Å². The lowest BCUT2D eigenvalue weighted by molar-refractivity contribution is -0.210. The van der Waals surface area contributed by atoms with Crippen LogP contribution in [-0.4, -0.2) is 81.2 Å². The molecule has 1 N–H and O–H groups in total. The molecule has 2 bridgehead atoms. The minimum absolute atomic E-state index is 0.0470. The van der Waals surface area contributed by atoms with Crippen LogP contribution < -0.4 is 9.47 Å². The van der Waals surface area contributed by atoms with Crippen molar-refractivity contribution in [2.45, 2.75) is 54.9 Å². The van der Waals surface area contributed by atoms with Gasteiger partial charge in [0.2, 0.25) is 0 Å². The van der Waals surface area contributed by atoms with Crippen molar-refractivity contribution in [1.29, 1.82) is 0 Å². The van der Waals surface area contributed by atoms with E-state index >= 15 is 0 Å². The number of nitrogens with zero attached hydrogens (tertiary/aromatic N) is 1. The summed E-state index contributed by atoms with van der Waals surface area (Å²) in [5.74, 6) is 1.43. The van der Waals surface area contributed by atoms with E-state index in [2.05, 4.69) is 17.5 Å². The lowest BCUT2D eigenvalue weighted by Gasteiger charge is -2.63. The monoisotopic (exact) mass is 431 g/mol. The van der Waals surface area contributed by atoms with Crippen molar-refractivity contribution in [3.63, 3.8) is 0 Å². The maximum Gasteiger partial charge on any atom is 0.189 e. The molecule has 1 aromatic rings. The molecule has 0 aromatic heterocycles. The fraction of sp³-hybridized carbons (Fsp3) is 0.667. The molecule has 3 unspecified atom stereocenters. The summed E-state index contributed by atoms with van der Waals surface area (Å²) in [6, 6.07) is 4.16. The minimum atomic E-state index is -0.861. The van der Waals surface area contributed by atoms with E-state index in [0.29, 0.717) is 25.4 Å². The van der Waals surface area contributed by atoms with Gasteiger partial charge in [0.25, 0.3) is 0 Å². The highest BCUT2D eigenvalue weighted by Crippen LogP contribution is 2.65. The maximum absolute atomic E-state index is 12.3. The molecule has 0 radical (unpaired) electrons. The molecule has 2 heterocycles. The van der Waals surface area contributed by atoms with Crippen LogP contribution in [0, 0.1) is 0 Å². The van der Waals surface area contributed by atoms with Gasteiger partial charge in [0.05, 0.1) is 30.3 Å². The summed E-state index contributed by atoms with van der Waals surface area (Å²) >= 11 is 0. The minimum Gasteiger partial charge on any atom is -0.482 e. The second kappa shape index (κ2) is 8.05. The summed E-state index contributed by atoms with van der Waals surface area (Å²) < 4.78 is 29.0. The molecule has 0 amide bonds. The molecular formula is C24H33NO6. The third-order valence-corrected chi connectivity index (χ3v) is 7.90. The van der Waals surface area contributed by atoms with E-state index in [-0.39, 0.29) is 25.0 Å². The molecule has 1 spiro atoms. The van der Waals surface area contributed by atoms with Crippen molar-refractivity contribution in [3.8, 4) is 11.5 Å². The fourth-order valence-electron chi connectivity index (χ4n) is 6.62. The molecule has 2 aliphatic carbocycles. The summed E-state index contributed by atoms with van der Waals surface area (Å²) in [6.45, 7) is 6.74. The van der Waals surface area contributed by atoms with Gasteiger partial charge in [-0.2, -0.15) is 0 Å². The first-order valence-corrected chi connectivity index (χ1v) is 11.2. The molecular weight excluding hydrogens is 398 g/mol. The van der Waals surface area contributed by atoms with Gasteiger partial charge in [0.15, 0.2) is 18.3 Å². The molecule has 5 atom stereocenters. The Morgan fingerprint density at radius 1 is 1.29 bits per heavy atom. The first-order valence-electron chi connectivity index (χ1n) is 11.2. The molecule has 2 aliphatic heterocycles. The smallest absolute Gasteiger partial charge is 0.189 e. The Morgan fingerprint density at radius 3 is 2.94 bits per heavy atom. The molecule has 5 rings (SSSR count). The van der Waals surface area contributed by atoms with Gasteiger partial charge in [0, 0.05) is 32.4 Å². The van der Waals surface area contributed by atoms with Crippen LogP contribution in [0.4, 0.5) is 0 Å². The summed E-state index contributed by atoms with van der Waals surface area (Å²) in [5, 5.41) is 12.3. The summed E-state index contributed by atoms with van der Waals surface area (Å²) in [6.07, 6.45) is 4.75. The van der Waals surface area contributed by atoms with Gasteiger partial charge in [0.1, 0.15) is 6.10 Å². The molecule has 1 saturated heterocycles. The second-order valence-electron chi connectivity index (χ2n) is 9.09. The van der Waals surface area contributed by atoms with Crippen LogP contribution >= 0.6 is 0 Å². The molecule has 4 aliphatic rings. The average Bonchev–Trinajstić information content (AvgIpc) is 3.12. The van der Waals surface area contributed by atoms with E-state index < -0.39 is 11.0 Å². The van der Waals surface area contributed by atoms with Gasteiger partial charge in [-0.1, -0.05) is 12.1 Å². The molecule has 7 heteroatoms. The van der Waals surface area contributed by atoms with Crippen LogP contribution in [0.3, 0.4) is 0 Å². The molecule has 1 saturated carbocycles. The largest absolute Gasteiger partial charge is 0.482 e. The topological polar surface area (TPSA) is 69.6 Å². The Balaban J connectivity index is 1.55. The lowest BCUT2D eigenvalue weighted by atomic mass is 9.48. The van der Waals surface area contributed by atoms with Crippen LogP contribution in [0.2, 0.25) is 0 Å². The van der Waals surface area contributed by atoms with Gasteiger partial charge in [-0.3, -0.25) is 4.90 Å². The zero-order chi connectivity index (χ0) is 21.6. The molecule has 170 valence electrons. The number of rotatable bonds is 9. The van der Waals surface area contributed by atoms with Crippen LogP contribution in [0.25, 0.3) is 0 Å². The molecule has 31 heavy (non-hydrogen) atoms. The van der Waals surface area contributed by atoms with E-state index in [1.54, 1.807) is 14.2 Å². The van der Waals surface area contributed by atoms with Crippen LogP contribution in [0.5, 0.6) is 11.5 Å². The second-order valence-corrected chi connectivity index (χ2v) is 9.09. The number of methoxy groups -OCH3 is 2. The van der Waals surface area contributed by atoms with Crippen molar-refractivity contribution < 1.29 is 28.8 Å². The molecule has 7 nitrogen and oxygen atoms in total. The quantitative estimate of drug-likeness (QED) is 0.365. The Kier molecular flexibility index (Phi) is 5.51. The zero-order valence-corrected chi connectivity index (χ0v) is 18.5. The normalized spacial score (nSPS) is 35.4. The number of piperidine rings is 1. The van der Waals surface area contributed by atoms with E-state index in [1.807, 2.05) is 12.1 Å². The Morgan fingerprint density at radius 2 is 2.16 bits per heavy atom. The zero-order valence-electron chi connectivity index (χ0n) is 18.5. The first-order chi connectivity index (χ1) is 15.1. The Hall–Kier alpha value is -1.64. The third kappa shape index (κ3) is 2.91. The van der Waals surface area contributed by atoms with Crippen molar-refractivity contribution in [2.75, 3.05) is 47.3 Å². The predicted molar refractivity (Wildman–Crippen MR) is 115 cm³/mol. The number of hydrogen-bond donors (Lipinski definition) is 1. The third-order valence-electron chi connectivity index (χ3n) is 7.90. The number of ether oxygens (including phenoxy) is 5. The van der Waals surface area contributed by atoms with E-state index in [1.165, 1.54) is 5.56 Å². The standard InChI is InChI=1S/C24H33NO6/c1-4-10-25-11-9-23-20-16-5-6-17(30-15-29-13-12-27-2)21(20)31-22(23)18(28-3)7-8-24(23,26)19(25)14-16/h4-6,18-19,22,26H,1,7-15H2,2-3H3/t18?,19?,22?,23-,24+/m0/s1. The fourth-order valence-corrected chi connectivity index (χ4v) is 6.62. The maximum atomic E-state index is 12.3. The number of likely N-dealkylation sites (tertiary alicyclic amines) is 1. The van der Waals surface area contributed by atoms with Gasteiger partial charge in [-0.15, -0.1) is 6.58 Å². The van der Waals surface area contributed by atoms with Crippen molar-refractivity contribution in [1.82, 2.24) is 4.90 Å². The number of hydrogen-bond acceptors (Lipinski definition) is 7. The van der Waals surface area contributed by atoms with E-state index in [0.717, 1.165) is 43.7 Å². The van der Waals surface area contributed by atoms with Crippen LogP contribution in [-0.2, 0) is 26.0 Å². The number of benzene rings is 1. The van der Waals surface area contributed by atoms with Crippen molar-refractivity contribution in [3.05, 3.63) is 35.9 Å². The molecule has 2 fully saturated rings. The van der Waals surface area contributed by atoms with Crippen LogP contribution in [0.1, 0.15) is 30.4 Å². The van der Waals surface area contributed by atoms with Crippen molar-refractivity contribution in [2.24, 2.45) is 0 Å². The average molecular weight is 432 g/mol. The number of aliphatic hydroxyl groups is 1. The SMILES string of the molecule is C=CCN1CC[C@]23c4c5ccc(OCOCCOC)c4OC2C(OC)CC[C@@]3(O)C1C5. The van der Waals surface area contributed by atoms with Crippen molar-refractivity contribution >= 4 is 0 Å². The van der Waals surface area contributed by atoms with Crippen LogP contribution in [0.15, 0.2) is 24.8 Å².